The summed E-state index contributed by atoms with van der Waals surface area (Å²) >= 11 is 5.99. The quantitative estimate of drug-likeness (QED) is 0.767. The van der Waals surface area contributed by atoms with Crippen LogP contribution in [0.15, 0.2) is 30.6 Å². The van der Waals surface area contributed by atoms with Gasteiger partial charge in [-0.05, 0) is 24.6 Å². The number of benzene rings is 1. The summed E-state index contributed by atoms with van der Waals surface area (Å²) in [5.74, 6) is 0. The number of hydrogen-bond donors (Lipinski definition) is 3. The Kier molecular flexibility index (Phi) is 3.30. The summed E-state index contributed by atoms with van der Waals surface area (Å²) < 4.78 is 0. The molecule has 1 heterocycles. The van der Waals surface area contributed by atoms with Gasteiger partial charge in [0.15, 0.2) is 0 Å². The van der Waals surface area contributed by atoms with Crippen molar-refractivity contribution in [1.82, 2.24) is 10.2 Å². The molecular weight excluding hydrogens is 240 g/mol. The number of nitrogens with zero attached hydrogens (tertiary/aromatic N) is 1. The average Bonchev–Trinajstić information content (AvgIpc) is 2.75. The fraction of sp³-hybridized carbons (Fsp3) is 0.0909. The standard InChI is InChI=1S/C11H11ClN4O/c1-7-2-3-10(9(12)4-7)16-11(17)15-8-5-13-14-6-8/h2-6H,1H3,(H,13,14)(H2,15,16,17). The maximum Gasteiger partial charge on any atom is 0.323 e. The van der Waals surface area contributed by atoms with Crippen LogP contribution in [0.2, 0.25) is 5.02 Å². The van der Waals surface area contributed by atoms with Gasteiger partial charge < -0.3 is 10.6 Å². The first-order valence-corrected chi connectivity index (χ1v) is 5.36. The third-order valence-corrected chi connectivity index (χ3v) is 2.44. The molecule has 0 saturated carbocycles. The van der Waals surface area contributed by atoms with Gasteiger partial charge in [-0.2, -0.15) is 5.10 Å². The van der Waals surface area contributed by atoms with Crippen LogP contribution < -0.4 is 10.6 Å². The van der Waals surface area contributed by atoms with E-state index in [1.807, 2.05) is 13.0 Å². The highest BCUT2D eigenvalue weighted by Crippen LogP contribution is 2.22. The Labute approximate surface area is 103 Å². The zero-order chi connectivity index (χ0) is 12.3. The first-order valence-electron chi connectivity index (χ1n) is 4.98. The van der Waals surface area contributed by atoms with E-state index in [4.69, 9.17) is 11.6 Å². The Balaban J connectivity index is 2.03. The highest BCUT2D eigenvalue weighted by atomic mass is 35.5. The molecule has 0 atom stereocenters. The van der Waals surface area contributed by atoms with Crippen molar-refractivity contribution < 1.29 is 4.79 Å². The number of urea groups is 1. The van der Waals surface area contributed by atoms with Crippen molar-refractivity contribution in [2.45, 2.75) is 6.92 Å². The summed E-state index contributed by atoms with van der Waals surface area (Å²) in [7, 11) is 0. The summed E-state index contributed by atoms with van der Waals surface area (Å²) in [6, 6.07) is 5.05. The normalized spacial score (nSPS) is 10.0. The minimum atomic E-state index is -0.364. The van der Waals surface area contributed by atoms with Crippen LogP contribution >= 0.6 is 11.6 Å². The zero-order valence-corrected chi connectivity index (χ0v) is 9.88. The third-order valence-electron chi connectivity index (χ3n) is 2.13. The fourth-order valence-electron chi connectivity index (χ4n) is 1.33. The Morgan fingerprint density at radius 3 is 2.88 bits per heavy atom. The van der Waals surface area contributed by atoms with Crippen molar-refractivity contribution in [3.63, 3.8) is 0 Å². The fourth-order valence-corrected chi connectivity index (χ4v) is 1.61. The molecule has 0 aliphatic carbocycles. The van der Waals surface area contributed by atoms with Crippen LogP contribution in [-0.2, 0) is 0 Å². The molecule has 0 saturated heterocycles. The molecule has 6 heteroatoms. The van der Waals surface area contributed by atoms with Crippen LogP contribution in [0.1, 0.15) is 5.56 Å². The number of H-pyrrole nitrogens is 1. The van der Waals surface area contributed by atoms with Crippen molar-refractivity contribution >= 4 is 29.0 Å². The summed E-state index contributed by atoms with van der Waals surface area (Å²) in [6.07, 6.45) is 3.09. The molecule has 2 rings (SSSR count). The molecule has 1 aromatic carbocycles. The summed E-state index contributed by atoms with van der Waals surface area (Å²) in [4.78, 5) is 11.6. The van der Waals surface area contributed by atoms with E-state index in [1.165, 1.54) is 6.20 Å². The van der Waals surface area contributed by atoms with E-state index in [9.17, 15) is 4.79 Å². The van der Waals surface area contributed by atoms with Gasteiger partial charge in [-0.1, -0.05) is 17.7 Å². The highest BCUT2D eigenvalue weighted by Gasteiger charge is 2.06. The Morgan fingerprint density at radius 2 is 2.24 bits per heavy atom. The molecule has 0 fully saturated rings. The molecule has 17 heavy (non-hydrogen) atoms. The second-order valence-corrected chi connectivity index (χ2v) is 3.96. The van der Waals surface area contributed by atoms with Gasteiger partial charge in [0.2, 0.25) is 0 Å². The van der Waals surface area contributed by atoms with Gasteiger partial charge in [0, 0.05) is 6.20 Å². The minimum absolute atomic E-state index is 0.364. The van der Waals surface area contributed by atoms with Gasteiger partial charge in [0.25, 0.3) is 0 Å². The van der Waals surface area contributed by atoms with Gasteiger partial charge in [-0.25, -0.2) is 4.79 Å². The van der Waals surface area contributed by atoms with Gasteiger partial charge in [0.05, 0.1) is 22.6 Å². The van der Waals surface area contributed by atoms with Crippen LogP contribution in [0.25, 0.3) is 0 Å². The van der Waals surface area contributed by atoms with E-state index in [-0.39, 0.29) is 6.03 Å². The Morgan fingerprint density at radius 1 is 1.41 bits per heavy atom. The smallest absolute Gasteiger partial charge is 0.306 e. The van der Waals surface area contributed by atoms with Gasteiger partial charge in [-0.3, -0.25) is 5.10 Å². The largest absolute Gasteiger partial charge is 0.323 e. The Bertz CT molecular complexity index is 524. The lowest BCUT2D eigenvalue weighted by atomic mass is 10.2. The predicted octanol–water partition coefficient (Wildman–Crippen LogP) is 3.02. The van der Waals surface area contributed by atoms with Crippen molar-refractivity contribution in [2.24, 2.45) is 0 Å². The summed E-state index contributed by atoms with van der Waals surface area (Å²) in [5, 5.41) is 12.1. The number of nitrogens with one attached hydrogen (secondary N) is 3. The van der Waals surface area contributed by atoms with E-state index in [1.54, 1.807) is 18.3 Å². The molecule has 0 radical (unpaired) electrons. The number of carbonyl (C=O) groups is 1. The summed E-state index contributed by atoms with van der Waals surface area (Å²) in [6.45, 7) is 1.93. The predicted molar refractivity (Wildman–Crippen MR) is 67.4 cm³/mol. The van der Waals surface area contributed by atoms with Crippen molar-refractivity contribution in [3.8, 4) is 0 Å². The maximum atomic E-state index is 11.6. The number of anilines is 2. The van der Waals surface area contributed by atoms with E-state index in [2.05, 4.69) is 20.8 Å². The van der Waals surface area contributed by atoms with E-state index >= 15 is 0 Å². The molecule has 0 bridgehead atoms. The molecule has 2 aromatic rings. The van der Waals surface area contributed by atoms with Crippen molar-refractivity contribution in [3.05, 3.63) is 41.2 Å². The molecule has 5 nitrogen and oxygen atoms in total. The molecule has 0 unspecified atom stereocenters. The highest BCUT2D eigenvalue weighted by molar-refractivity contribution is 6.33. The molecule has 1 aromatic heterocycles. The lowest BCUT2D eigenvalue weighted by Gasteiger charge is -2.08. The van der Waals surface area contributed by atoms with Crippen LogP contribution in [0.5, 0.6) is 0 Å². The second kappa shape index (κ2) is 4.88. The SMILES string of the molecule is Cc1ccc(NC(=O)Nc2cn[nH]c2)c(Cl)c1. The van der Waals surface area contributed by atoms with Gasteiger partial charge in [-0.15, -0.1) is 0 Å². The number of rotatable bonds is 2. The van der Waals surface area contributed by atoms with Crippen molar-refractivity contribution in [2.75, 3.05) is 10.6 Å². The number of carbonyl (C=O) groups excluding carboxylic acids is 1. The summed E-state index contributed by atoms with van der Waals surface area (Å²) in [5.41, 5.74) is 2.19. The number of aryl methyl sites for hydroxylation is 1. The second-order valence-electron chi connectivity index (χ2n) is 3.55. The molecular formula is C11H11ClN4O. The molecule has 0 aliphatic heterocycles. The number of halogens is 1. The lowest BCUT2D eigenvalue weighted by Crippen LogP contribution is -2.19. The van der Waals surface area contributed by atoms with Crippen LogP contribution in [0, 0.1) is 6.92 Å². The monoisotopic (exact) mass is 250 g/mol. The van der Waals surface area contributed by atoms with Crippen LogP contribution in [0.3, 0.4) is 0 Å². The first-order chi connectivity index (χ1) is 8.15. The first kappa shape index (κ1) is 11.5. The van der Waals surface area contributed by atoms with Crippen molar-refractivity contribution in [1.29, 1.82) is 0 Å². The van der Waals surface area contributed by atoms with Gasteiger partial charge >= 0.3 is 6.03 Å². The van der Waals surface area contributed by atoms with Crippen LogP contribution in [-0.4, -0.2) is 16.2 Å². The van der Waals surface area contributed by atoms with Crippen LogP contribution in [0.4, 0.5) is 16.2 Å². The Hall–Kier alpha value is -2.01. The number of aromatic nitrogens is 2. The molecule has 3 N–H and O–H groups in total. The topological polar surface area (TPSA) is 69.8 Å². The average molecular weight is 251 g/mol. The minimum Gasteiger partial charge on any atom is -0.306 e. The van der Waals surface area contributed by atoms with E-state index in [0.29, 0.717) is 16.4 Å². The lowest BCUT2D eigenvalue weighted by molar-refractivity contribution is 0.262. The number of aromatic amines is 1. The van der Waals surface area contributed by atoms with E-state index < -0.39 is 0 Å². The number of hydrogen-bond acceptors (Lipinski definition) is 2. The third kappa shape index (κ3) is 2.98. The molecule has 88 valence electrons. The zero-order valence-electron chi connectivity index (χ0n) is 9.12. The molecule has 0 aliphatic rings. The molecule has 2 amide bonds. The number of amides is 2. The van der Waals surface area contributed by atoms with Gasteiger partial charge in [0.1, 0.15) is 0 Å². The maximum absolute atomic E-state index is 11.6. The molecule has 0 spiro atoms. The van der Waals surface area contributed by atoms with E-state index in [0.717, 1.165) is 5.56 Å².